The van der Waals surface area contributed by atoms with Gasteiger partial charge in [0.05, 0.1) is 6.54 Å². The van der Waals surface area contributed by atoms with Gasteiger partial charge in [0.2, 0.25) is 0 Å². The highest BCUT2D eigenvalue weighted by atomic mass is 127. The molecule has 1 fully saturated rings. The molecule has 1 atom stereocenters. The molecule has 3 rings (SSSR count). The van der Waals surface area contributed by atoms with E-state index in [1.54, 1.807) is 0 Å². The highest BCUT2D eigenvalue weighted by Gasteiger charge is 2.21. The molecule has 1 aromatic carbocycles. The highest BCUT2D eigenvalue weighted by molar-refractivity contribution is 14.0. The van der Waals surface area contributed by atoms with E-state index in [2.05, 4.69) is 76.9 Å². The minimum atomic E-state index is 0. The van der Waals surface area contributed by atoms with E-state index in [4.69, 9.17) is 4.99 Å². The van der Waals surface area contributed by atoms with E-state index in [0.29, 0.717) is 6.04 Å². The van der Waals surface area contributed by atoms with E-state index in [0.717, 1.165) is 51.6 Å². The van der Waals surface area contributed by atoms with Gasteiger partial charge in [-0.05, 0) is 39.1 Å². The van der Waals surface area contributed by atoms with Crippen LogP contribution in [0.1, 0.15) is 12.5 Å². The van der Waals surface area contributed by atoms with Gasteiger partial charge in [-0.2, -0.15) is 0 Å². The molecule has 2 aromatic rings. The molecule has 6 nitrogen and oxygen atoms in total. The fourth-order valence-corrected chi connectivity index (χ4v) is 3.49. The SMILES string of the molecule is CCNC(=NCC1CN(C)CCN1C)NCCc1c[nH]c2ccccc12.I. The number of hydrogen-bond donors (Lipinski definition) is 3. The zero-order valence-electron chi connectivity index (χ0n) is 16.7. The first-order valence-corrected chi connectivity index (χ1v) is 9.63. The Labute approximate surface area is 179 Å². The average Bonchev–Trinajstić information content (AvgIpc) is 3.05. The summed E-state index contributed by atoms with van der Waals surface area (Å²) < 4.78 is 0. The predicted molar refractivity (Wildman–Crippen MR) is 125 cm³/mol. The molecule has 1 aromatic heterocycles. The Hall–Kier alpha value is -1.32. The lowest BCUT2D eigenvalue weighted by Gasteiger charge is -2.36. The summed E-state index contributed by atoms with van der Waals surface area (Å²) in [6.07, 6.45) is 3.09. The summed E-state index contributed by atoms with van der Waals surface area (Å²) in [4.78, 5) is 13.0. The Bertz CT molecular complexity index is 728. The molecule has 0 radical (unpaired) electrons. The van der Waals surface area contributed by atoms with Gasteiger partial charge in [-0.3, -0.25) is 9.89 Å². The molecule has 0 amide bonds. The summed E-state index contributed by atoms with van der Waals surface area (Å²) in [6, 6.07) is 8.94. The minimum absolute atomic E-state index is 0. The van der Waals surface area contributed by atoms with E-state index < -0.39 is 0 Å². The van der Waals surface area contributed by atoms with Crippen molar-refractivity contribution in [1.82, 2.24) is 25.4 Å². The molecule has 0 aliphatic carbocycles. The van der Waals surface area contributed by atoms with E-state index >= 15 is 0 Å². The number of para-hydroxylation sites is 1. The number of hydrogen-bond acceptors (Lipinski definition) is 3. The topological polar surface area (TPSA) is 58.7 Å². The zero-order valence-corrected chi connectivity index (χ0v) is 19.0. The molecule has 3 N–H and O–H groups in total. The fourth-order valence-electron chi connectivity index (χ4n) is 3.49. The van der Waals surface area contributed by atoms with Crippen LogP contribution in [0.25, 0.3) is 10.9 Å². The molecule has 150 valence electrons. The van der Waals surface area contributed by atoms with Crippen molar-refractivity contribution in [3.63, 3.8) is 0 Å². The van der Waals surface area contributed by atoms with Gasteiger partial charge in [-0.1, -0.05) is 18.2 Å². The van der Waals surface area contributed by atoms with Gasteiger partial charge < -0.3 is 20.5 Å². The van der Waals surface area contributed by atoms with Crippen LogP contribution in [0.15, 0.2) is 35.5 Å². The molecule has 1 aliphatic heterocycles. The van der Waals surface area contributed by atoms with Crippen molar-refractivity contribution >= 4 is 40.8 Å². The largest absolute Gasteiger partial charge is 0.361 e. The number of benzene rings is 1. The van der Waals surface area contributed by atoms with Crippen LogP contribution in [0.5, 0.6) is 0 Å². The maximum atomic E-state index is 4.82. The number of aliphatic imine (C=N–C) groups is 1. The third kappa shape index (κ3) is 6.08. The number of H-pyrrole nitrogens is 1. The smallest absolute Gasteiger partial charge is 0.191 e. The molecule has 0 spiro atoms. The highest BCUT2D eigenvalue weighted by Crippen LogP contribution is 2.17. The summed E-state index contributed by atoms with van der Waals surface area (Å²) in [7, 11) is 4.39. The molecule has 2 heterocycles. The summed E-state index contributed by atoms with van der Waals surface area (Å²) >= 11 is 0. The van der Waals surface area contributed by atoms with Crippen LogP contribution in [0.3, 0.4) is 0 Å². The maximum absolute atomic E-state index is 4.82. The first-order chi connectivity index (χ1) is 12.7. The Morgan fingerprint density at radius 3 is 2.85 bits per heavy atom. The number of aromatic amines is 1. The summed E-state index contributed by atoms with van der Waals surface area (Å²) in [6.45, 7) is 8.00. The number of nitrogens with one attached hydrogen (secondary N) is 3. The lowest BCUT2D eigenvalue weighted by molar-refractivity contribution is 0.119. The Morgan fingerprint density at radius 2 is 2.04 bits per heavy atom. The summed E-state index contributed by atoms with van der Waals surface area (Å²) in [5.74, 6) is 0.911. The predicted octanol–water partition coefficient (Wildman–Crippen LogP) is 2.13. The van der Waals surface area contributed by atoms with Crippen LogP contribution in [-0.4, -0.2) is 80.1 Å². The van der Waals surface area contributed by atoms with Gasteiger partial charge in [0.25, 0.3) is 0 Å². The number of fused-ring (bicyclic) bond motifs is 1. The minimum Gasteiger partial charge on any atom is -0.361 e. The van der Waals surface area contributed by atoms with Crippen molar-refractivity contribution in [2.24, 2.45) is 4.99 Å². The monoisotopic (exact) mass is 484 g/mol. The van der Waals surface area contributed by atoms with Crippen LogP contribution < -0.4 is 10.6 Å². The Morgan fingerprint density at radius 1 is 1.22 bits per heavy atom. The Kier molecular flexibility index (Phi) is 8.85. The summed E-state index contributed by atoms with van der Waals surface area (Å²) in [5, 5.41) is 8.16. The van der Waals surface area contributed by atoms with Crippen LogP contribution in [0.2, 0.25) is 0 Å². The number of guanidine groups is 1. The second kappa shape index (κ2) is 10.9. The van der Waals surface area contributed by atoms with Crippen molar-refractivity contribution < 1.29 is 0 Å². The number of piperazine rings is 1. The average molecular weight is 484 g/mol. The lowest BCUT2D eigenvalue weighted by Crippen LogP contribution is -2.51. The number of rotatable bonds is 6. The molecular weight excluding hydrogens is 451 g/mol. The van der Waals surface area contributed by atoms with Crippen LogP contribution in [-0.2, 0) is 6.42 Å². The third-order valence-electron chi connectivity index (χ3n) is 5.15. The van der Waals surface area contributed by atoms with Gasteiger partial charge in [-0.15, -0.1) is 24.0 Å². The quantitative estimate of drug-likeness (QED) is 0.334. The standard InChI is InChI=1S/C20H32N6.HI/c1-4-21-20(24-14-17-15-25(2)11-12-26(17)3)22-10-9-16-13-23-19-8-6-5-7-18(16)19;/h5-8,13,17,23H,4,9-12,14-15H2,1-3H3,(H2,21,22,24);1H. The number of halogens is 1. The molecule has 1 saturated heterocycles. The van der Waals surface area contributed by atoms with Gasteiger partial charge in [-0.25, -0.2) is 0 Å². The van der Waals surface area contributed by atoms with E-state index in [9.17, 15) is 0 Å². The van der Waals surface area contributed by atoms with Crippen molar-refractivity contribution in [3.8, 4) is 0 Å². The van der Waals surface area contributed by atoms with Crippen molar-refractivity contribution in [2.75, 3.05) is 53.4 Å². The second-order valence-electron chi connectivity index (χ2n) is 7.15. The fraction of sp³-hybridized carbons (Fsp3) is 0.550. The van der Waals surface area contributed by atoms with Crippen molar-refractivity contribution in [3.05, 3.63) is 36.0 Å². The zero-order chi connectivity index (χ0) is 18.4. The van der Waals surface area contributed by atoms with E-state index in [1.165, 1.54) is 16.5 Å². The third-order valence-corrected chi connectivity index (χ3v) is 5.15. The molecular formula is C20H33IN6. The van der Waals surface area contributed by atoms with Crippen LogP contribution in [0.4, 0.5) is 0 Å². The van der Waals surface area contributed by atoms with E-state index in [1.807, 2.05) is 0 Å². The maximum Gasteiger partial charge on any atom is 0.191 e. The molecule has 0 bridgehead atoms. The summed E-state index contributed by atoms with van der Waals surface area (Å²) in [5.41, 5.74) is 2.55. The van der Waals surface area contributed by atoms with Gasteiger partial charge in [0.15, 0.2) is 5.96 Å². The molecule has 0 saturated carbocycles. The molecule has 1 unspecified atom stereocenters. The Balaban J connectivity index is 0.00000261. The number of aromatic nitrogens is 1. The molecule has 1 aliphatic rings. The lowest BCUT2D eigenvalue weighted by atomic mass is 10.1. The van der Waals surface area contributed by atoms with Crippen molar-refractivity contribution in [1.29, 1.82) is 0 Å². The normalized spacial score (nSPS) is 19.1. The molecule has 27 heavy (non-hydrogen) atoms. The first-order valence-electron chi connectivity index (χ1n) is 9.63. The van der Waals surface area contributed by atoms with E-state index in [-0.39, 0.29) is 24.0 Å². The number of likely N-dealkylation sites (N-methyl/N-ethyl adjacent to an activating group) is 2. The van der Waals surface area contributed by atoms with Gasteiger partial charge in [0.1, 0.15) is 0 Å². The van der Waals surface area contributed by atoms with Crippen molar-refractivity contribution in [2.45, 2.75) is 19.4 Å². The first kappa shape index (κ1) is 22.0. The number of nitrogens with zero attached hydrogens (tertiary/aromatic N) is 3. The van der Waals surface area contributed by atoms with Crippen LogP contribution >= 0.6 is 24.0 Å². The van der Waals surface area contributed by atoms with Gasteiger partial charge in [0, 0.05) is 55.9 Å². The molecule has 7 heteroatoms. The van der Waals surface area contributed by atoms with Crippen LogP contribution in [0, 0.1) is 0 Å². The second-order valence-corrected chi connectivity index (χ2v) is 7.15. The van der Waals surface area contributed by atoms with Gasteiger partial charge >= 0.3 is 0 Å².